The molecule has 9 rings (SSSR count). The summed E-state index contributed by atoms with van der Waals surface area (Å²) < 4.78 is 47.1. The number of piperidine rings is 2. The van der Waals surface area contributed by atoms with Gasteiger partial charge in [-0.25, -0.2) is 18.2 Å². The number of benzene rings is 3. The molecule has 5 aliphatic heterocycles. The van der Waals surface area contributed by atoms with Crippen molar-refractivity contribution >= 4 is 51.7 Å². The number of nitrogens with one attached hydrogen (secondary N) is 2. The number of hydrogen-bond donors (Lipinski definition) is 2. The van der Waals surface area contributed by atoms with Crippen molar-refractivity contribution in [3.63, 3.8) is 0 Å². The molecule has 306 valence electrons. The summed E-state index contributed by atoms with van der Waals surface area (Å²) in [6.45, 7) is 2.88. The summed E-state index contributed by atoms with van der Waals surface area (Å²) in [6.07, 6.45) is 2.34. The van der Waals surface area contributed by atoms with Crippen LogP contribution in [0.25, 0.3) is 11.1 Å². The lowest BCUT2D eigenvalue weighted by atomic mass is 9.96. The molecule has 59 heavy (non-hydrogen) atoms. The highest BCUT2D eigenvalue weighted by Crippen LogP contribution is 2.37. The number of piperazine rings is 1. The van der Waals surface area contributed by atoms with Crippen LogP contribution in [0.2, 0.25) is 0 Å². The lowest BCUT2D eigenvalue weighted by Gasteiger charge is -2.47. The lowest BCUT2D eigenvalue weighted by molar-refractivity contribution is -0.137. The van der Waals surface area contributed by atoms with Crippen molar-refractivity contribution in [3.05, 3.63) is 99.8 Å². The van der Waals surface area contributed by atoms with Gasteiger partial charge in [0.15, 0.2) is 5.13 Å². The van der Waals surface area contributed by atoms with Crippen LogP contribution >= 0.6 is 11.3 Å². The standard InChI is InChI=1S/C42H41F3N8O5S/c43-33-19-27(18-31-32(33)22-52(39(31)57)23-37(55)48-41-46-10-16-59-41)26-2-4-29(5-3-26)51-11-9-35(42(44,45)24-51)50-14-12-49(13-15-50)20-25-1-6-30-28(17-25)21-53(40(30)58)34-7-8-36(54)47-38(34)56/h1-6,10,16-19,34-35H,7-9,11-15,20-24H2,(H,46,48,55)(H,47,54,56). The number of alkyl halides is 2. The van der Waals surface area contributed by atoms with Crippen LogP contribution in [-0.4, -0.2) is 118 Å². The largest absolute Gasteiger partial charge is 0.365 e. The van der Waals surface area contributed by atoms with E-state index in [1.807, 2.05) is 17.0 Å². The van der Waals surface area contributed by atoms with Crippen molar-refractivity contribution < 1.29 is 37.1 Å². The molecular weight excluding hydrogens is 786 g/mol. The number of carbonyl (C=O) groups excluding carboxylic acids is 5. The van der Waals surface area contributed by atoms with Crippen molar-refractivity contribution in [1.29, 1.82) is 0 Å². The second-order valence-electron chi connectivity index (χ2n) is 15.8. The SMILES string of the molecule is O=C1CCC(N2Cc3cc(CN4CCN(C5CCN(c6ccc(-c7cc(F)c8c(c7)C(=O)N(CC(=O)Nc7nccs7)C8)cc6)CC5(F)F)CC4)ccc3C2=O)C(=O)N1. The Morgan fingerprint density at radius 2 is 1.69 bits per heavy atom. The van der Waals surface area contributed by atoms with E-state index in [4.69, 9.17) is 0 Å². The zero-order valence-electron chi connectivity index (χ0n) is 32.0. The smallest absolute Gasteiger partial charge is 0.280 e. The topological polar surface area (TPSA) is 138 Å². The van der Waals surface area contributed by atoms with E-state index in [0.717, 1.165) is 11.1 Å². The molecule has 2 N–H and O–H groups in total. The molecule has 6 heterocycles. The third-order valence-electron chi connectivity index (χ3n) is 12.0. The van der Waals surface area contributed by atoms with Crippen molar-refractivity contribution in [3.8, 4) is 11.1 Å². The van der Waals surface area contributed by atoms with E-state index >= 15 is 13.2 Å². The van der Waals surface area contributed by atoms with Gasteiger partial charge in [-0.2, -0.15) is 0 Å². The van der Waals surface area contributed by atoms with Gasteiger partial charge in [0, 0.05) is 86.2 Å². The minimum Gasteiger partial charge on any atom is -0.365 e. The summed E-state index contributed by atoms with van der Waals surface area (Å²) in [4.78, 5) is 75.4. The predicted octanol–water partition coefficient (Wildman–Crippen LogP) is 4.34. The fraction of sp³-hybridized carbons (Fsp3) is 0.381. The van der Waals surface area contributed by atoms with Crippen LogP contribution in [0.1, 0.15) is 56.7 Å². The Labute approximate surface area is 341 Å². The monoisotopic (exact) mass is 826 g/mol. The predicted molar refractivity (Wildman–Crippen MR) is 212 cm³/mol. The molecule has 0 spiro atoms. The number of aromatic nitrogens is 1. The summed E-state index contributed by atoms with van der Waals surface area (Å²) >= 11 is 1.25. The van der Waals surface area contributed by atoms with Crippen LogP contribution < -0.4 is 15.5 Å². The fourth-order valence-electron chi connectivity index (χ4n) is 9.01. The van der Waals surface area contributed by atoms with Crippen LogP contribution in [0, 0.1) is 5.82 Å². The maximum absolute atomic E-state index is 15.9. The van der Waals surface area contributed by atoms with Gasteiger partial charge in [-0.1, -0.05) is 24.3 Å². The Morgan fingerprint density at radius 1 is 0.898 bits per heavy atom. The molecule has 0 radical (unpaired) electrons. The summed E-state index contributed by atoms with van der Waals surface area (Å²) in [6, 6.07) is 14.0. The average Bonchev–Trinajstić information content (AvgIpc) is 3.93. The number of fused-ring (bicyclic) bond motifs is 2. The number of amides is 5. The van der Waals surface area contributed by atoms with E-state index in [9.17, 15) is 24.0 Å². The van der Waals surface area contributed by atoms with E-state index in [0.29, 0.717) is 79.7 Å². The minimum absolute atomic E-state index is 0.0281. The van der Waals surface area contributed by atoms with Crippen molar-refractivity contribution in [1.82, 2.24) is 29.9 Å². The highest BCUT2D eigenvalue weighted by molar-refractivity contribution is 7.13. The van der Waals surface area contributed by atoms with Crippen LogP contribution in [-0.2, 0) is 34.0 Å². The maximum Gasteiger partial charge on any atom is 0.280 e. The number of rotatable bonds is 9. The Bertz CT molecular complexity index is 2340. The first-order valence-corrected chi connectivity index (χ1v) is 20.6. The van der Waals surface area contributed by atoms with Gasteiger partial charge in [-0.05, 0) is 65.4 Å². The van der Waals surface area contributed by atoms with Gasteiger partial charge >= 0.3 is 0 Å². The first kappa shape index (κ1) is 38.8. The molecule has 1 aromatic heterocycles. The fourth-order valence-corrected chi connectivity index (χ4v) is 9.56. The Kier molecular flexibility index (Phi) is 10.2. The molecular formula is C42H41F3N8O5S. The summed E-state index contributed by atoms with van der Waals surface area (Å²) in [5.74, 6) is -5.39. The van der Waals surface area contributed by atoms with Crippen molar-refractivity contribution in [2.75, 3.05) is 56.0 Å². The third kappa shape index (κ3) is 7.69. The van der Waals surface area contributed by atoms with Gasteiger partial charge < -0.3 is 20.0 Å². The van der Waals surface area contributed by atoms with Gasteiger partial charge in [-0.15, -0.1) is 11.3 Å². The van der Waals surface area contributed by atoms with Crippen molar-refractivity contribution in [2.24, 2.45) is 0 Å². The first-order chi connectivity index (χ1) is 28.4. The van der Waals surface area contributed by atoms with Gasteiger partial charge in [-0.3, -0.25) is 39.1 Å². The maximum atomic E-state index is 15.9. The van der Waals surface area contributed by atoms with E-state index < -0.39 is 48.1 Å². The number of anilines is 2. The molecule has 0 aliphatic carbocycles. The van der Waals surface area contributed by atoms with E-state index in [1.54, 1.807) is 52.9 Å². The van der Waals surface area contributed by atoms with Gasteiger partial charge in [0.1, 0.15) is 18.4 Å². The molecule has 0 saturated carbocycles. The second-order valence-corrected chi connectivity index (χ2v) is 16.7. The van der Waals surface area contributed by atoms with Gasteiger partial charge in [0.05, 0.1) is 19.1 Å². The molecule has 13 nitrogen and oxygen atoms in total. The summed E-state index contributed by atoms with van der Waals surface area (Å²) in [5.41, 5.74) is 4.54. The number of halogens is 3. The van der Waals surface area contributed by atoms with Crippen molar-refractivity contribution in [2.45, 2.75) is 56.9 Å². The molecule has 4 aromatic rings. The molecule has 5 aliphatic rings. The number of thiazole rings is 1. The zero-order valence-corrected chi connectivity index (χ0v) is 32.8. The number of nitrogens with zero attached hydrogens (tertiary/aromatic N) is 6. The highest BCUT2D eigenvalue weighted by atomic mass is 32.1. The Morgan fingerprint density at radius 3 is 2.42 bits per heavy atom. The van der Waals surface area contributed by atoms with Gasteiger partial charge in [0.25, 0.3) is 17.7 Å². The van der Waals surface area contributed by atoms with Crippen LogP contribution in [0.3, 0.4) is 0 Å². The van der Waals surface area contributed by atoms with E-state index in [1.165, 1.54) is 27.2 Å². The second kappa shape index (κ2) is 15.5. The normalized spacial score (nSPS) is 22.1. The number of carbonyl (C=O) groups is 5. The van der Waals surface area contributed by atoms with E-state index in [-0.39, 0.29) is 48.9 Å². The Balaban J connectivity index is 0.775. The van der Waals surface area contributed by atoms with Gasteiger partial charge in [0.2, 0.25) is 17.7 Å². The molecule has 2 unspecified atom stereocenters. The molecule has 3 saturated heterocycles. The molecule has 0 bridgehead atoms. The number of imide groups is 1. The number of hydrogen-bond acceptors (Lipinski definition) is 10. The molecule has 5 amide bonds. The third-order valence-corrected chi connectivity index (χ3v) is 12.7. The lowest BCUT2D eigenvalue weighted by Crippen LogP contribution is -2.61. The van der Waals surface area contributed by atoms with Crippen LogP contribution in [0.15, 0.2) is 66.2 Å². The first-order valence-electron chi connectivity index (χ1n) is 19.7. The quantitative estimate of drug-likeness (QED) is 0.236. The summed E-state index contributed by atoms with van der Waals surface area (Å²) in [7, 11) is 0. The Hall–Kier alpha value is -5.65. The van der Waals surface area contributed by atoms with Crippen LogP contribution in [0.4, 0.5) is 24.0 Å². The summed E-state index contributed by atoms with van der Waals surface area (Å²) in [5, 5.41) is 7.08. The molecule has 2 atom stereocenters. The molecule has 3 fully saturated rings. The van der Waals surface area contributed by atoms with Crippen LogP contribution in [0.5, 0.6) is 0 Å². The highest BCUT2D eigenvalue weighted by Gasteiger charge is 2.48. The van der Waals surface area contributed by atoms with E-state index in [2.05, 4.69) is 20.5 Å². The minimum atomic E-state index is -2.97. The zero-order chi connectivity index (χ0) is 41.0. The molecule has 17 heteroatoms. The molecule has 3 aromatic carbocycles. The average molecular weight is 827 g/mol.